The minimum Gasteiger partial charge on any atom is -0.423 e. The average molecular weight is 324 g/mol. The first-order chi connectivity index (χ1) is 9.99. The molecular weight excluding hydrogens is 313 g/mol. The summed E-state index contributed by atoms with van der Waals surface area (Å²) in [6.07, 6.45) is 1.82. The van der Waals surface area contributed by atoms with Gasteiger partial charge in [-0.1, -0.05) is 35.8 Å². The molecule has 0 radical (unpaired) electrons. The minimum absolute atomic E-state index is 0.103. The van der Waals surface area contributed by atoms with Crippen LogP contribution in [-0.2, 0) is 4.79 Å². The molecule has 6 heteroatoms. The first kappa shape index (κ1) is 15.5. The summed E-state index contributed by atoms with van der Waals surface area (Å²) in [4.78, 5) is 15.8. The molecule has 1 N–H and O–H groups in total. The van der Waals surface area contributed by atoms with Crippen LogP contribution in [0.15, 0.2) is 54.9 Å². The predicted molar refractivity (Wildman–Crippen MR) is 80.4 cm³/mol. The fourth-order valence-electron chi connectivity index (χ4n) is 1.56. The van der Waals surface area contributed by atoms with Gasteiger partial charge in [0.2, 0.25) is 0 Å². The first-order valence-electron chi connectivity index (χ1n) is 5.93. The highest BCUT2D eigenvalue weighted by Crippen LogP contribution is 2.27. The van der Waals surface area contributed by atoms with Gasteiger partial charge in [-0.3, -0.25) is 4.98 Å². The Hall–Kier alpha value is -1.88. The van der Waals surface area contributed by atoms with Crippen LogP contribution < -0.4 is 4.74 Å². The monoisotopic (exact) mass is 323 g/mol. The van der Waals surface area contributed by atoms with Crippen LogP contribution in [0.4, 0.5) is 0 Å². The lowest BCUT2D eigenvalue weighted by Crippen LogP contribution is -2.16. The van der Waals surface area contributed by atoms with Gasteiger partial charge in [-0.15, -0.1) is 0 Å². The summed E-state index contributed by atoms with van der Waals surface area (Å²) in [5, 5.41) is 10.7. The van der Waals surface area contributed by atoms with E-state index in [2.05, 4.69) is 11.6 Å². The van der Waals surface area contributed by atoms with E-state index in [9.17, 15) is 9.90 Å². The molecule has 0 bridgehead atoms. The third-order valence-corrected chi connectivity index (χ3v) is 3.43. The predicted octanol–water partition coefficient (Wildman–Crippen LogP) is 3.58. The highest BCUT2D eigenvalue weighted by atomic mass is 35.5. The molecule has 0 saturated heterocycles. The van der Waals surface area contributed by atoms with Gasteiger partial charge >= 0.3 is 5.97 Å². The highest BCUT2D eigenvalue weighted by Gasteiger charge is 2.20. The van der Waals surface area contributed by atoms with Crippen LogP contribution >= 0.6 is 23.2 Å². The van der Waals surface area contributed by atoms with Gasteiger partial charge in [0.05, 0.1) is 15.6 Å². The number of ether oxygens (including phenoxy) is 1. The van der Waals surface area contributed by atoms with Crippen molar-refractivity contribution in [2.45, 2.75) is 6.10 Å². The number of aromatic nitrogens is 1. The number of halogens is 2. The van der Waals surface area contributed by atoms with Gasteiger partial charge in [-0.2, -0.15) is 0 Å². The molecule has 2 aromatic rings. The third-order valence-electron chi connectivity index (χ3n) is 2.69. The number of pyridine rings is 1. The summed E-state index contributed by atoms with van der Waals surface area (Å²) >= 11 is 11.6. The molecule has 108 valence electrons. The van der Waals surface area contributed by atoms with Gasteiger partial charge in [0.25, 0.3) is 0 Å². The maximum atomic E-state index is 11.9. The second kappa shape index (κ2) is 6.72. The molecule has 0 saturated carbocycles. The van der Waals surface area contributed by atoms with Crippen LogP contribution in [0.2, 0.25) is 10.0 Å². The van der Waals surface area contributed by atoms with Crippen molar-refractivity contribution in [1.29, 1.82) is 0 Å². The van der Waals surface area contributed by atoms with Gasteiger partial charge in [-0.25, -0.2) is 4.79 Å². The topological polar surface area (TPSA) is 59.4 Å². The quantitative estimate of drug-likeness (QED) is 0.530. The van der Waals surface area contributed by atoms with Crippen molar-refractivity contribution >= 4 is 29.2 Å². The molecule has 0 spiro atoms. The maximum Gasteiger partial charge on any atom is 0.341 e. The van der Waals surface area contributed by atoms with E-state index in [1.54, 1.807) is 18.3 Å². The van der Waals surface area contributed by atoms with Crippen molar-refractivity contribution < 1.29 is 14.6 Å². The molecule has 0 amide bonds. The number of hydrogen-bond acceptors (Lipinski definition) is 4. The lowest BCUT2D eigenvalue weighted by molar-refractivity contribution is -0.131. The Bertz CT molecular complexity index is 674. The Morgan fingerprint density at radius 2 is 2.05 bits per heavy atom. The maximum absolute atomic E-state index is 11.9. The Labute approximate surface area is 131 Å². The number of nitrogens with zero attached hydrogens (tertiary/aromatic N) is 1. The zero-order valence-electron chi connectivity index (χ0n) is 10.8. The fourth-order valence-corrected chi connectivity index (χ4v) is 1.85. The van der Waals surface area contributed by atoms with E-state index in [1.807, 2.05) is 0 Å². The van der Waals surface area contributed by atoms with E-state index in [0.717, 1.165) is 0 Å². The third kappa shape index (κ3) is 3.82. The number of hydrogen-bond donors (Lipinski definition) is 1. The summed E-state index contributed by atoms with van der Waals surface area (Å²) in [5.74, 6) is -0.543. The van der Waals surface area contributed by atoms with E-state index in [0.29, 0.717) is 10.6 Å². The second-order valence-electron chi connectivity index (χ2n) is 4.18. The van der Waals surface area contributed by atoms with Crippen LogP contribution in [0, 0.1) is 0 Å². The van der Waals surface area contributed by atoms with Crippen molar-refractivity contribution in [3.8, 4) is 5.75 Å². The van der Waals surface area contributed by atoms with Gasteiger partial charge in [0, 0.05) is 24.0 Å². The highest BCUT2D eigenvalue weighted by molar-refractivity contribution is 6.42. The molecule has 0 fully saturated rings. The Morgan fingerprint density at radius 3 is 2.67 bits per heavy atom. The summed E-state index contributed by atoms with van der Waals surface area (Å²) < 4.78 is 5.09. The molecule has 1 atom stereocenters. The van der Waals surface area contributed by atoms with Crippen molar-refractivity contribution in [2.24, 2.45) is 0 Å². The van der Waals surface area contributed by atoms with Crippen LogP contribution in [0.25, 0.3) is 0 Å². The Balaban J connectivity index is 2.09. The first-order valence-corrected chi connectivity index (χ1v) is 6.68. The van der Waals surface area contributed by atoms with E-state index in [-0.39, 0.29) is 16.3 Å². The number of carbonyl (C=O) groups is 1. The van der Waals surface area contributed by atoms with Crippen molar-refractivity contribution in [2.75, 3.05) is 0 Å². The van der Waals surface area contributed by atoms with Gasteiger partial charge < -0.3 is 9.84 Å². The number of rotatable bonds is 4. The zero-order valence-corrected chi connectivity index (χ0v) is 12.3. The van der Waals surface area contributed by atoms with E-state index >= 15 is 0 Å². The van der Waals surface area contributed by atoms with Crippen LogP contribution in [0.1, 0.15) is 11.7 Å². The minimum atomic E-state index is -1.19. The van der Waals surface area contributed by atoms with Gasteiger partial charge in [-0.05, 0) is 18.2 Å². The van der Waals surface area contributed by atoms with Crippen LogP contribution in [0.5, 0.6) is 5.75 Å². The van der Waals surface area contributed by atoms with Crippen molar-refractivity contribution in [3.05, 3.63) is 70.5 Å². The van der Waals surface area contributed by atoms with Crippen molar-refractivity contribution in [3.63, 3.8) is 0 Å². The molecule has 0 aliphatic heterocycles. The second-order valence-corrected chi connectivity index (χ2v) is 4.99. The number of carbonyl (C=O) groups excluding carboxylic acids is 1. The van der Waals surface area contributed by atoms with Crippen LogP contribution in [0.3, 0.4) is 0 Å². The number of esters is 1. The lowest BCUT2D eigenvalue weighted by atomic mass is 10.1. The molecule has 0 aliphatic rings. The fraction of sp³-hybridized carbons (Fsp3) is 0.0667. The number of aliphatic hydroxyl groups is 1. The molecule has 1 unspecified atom stereocenters. The molecule has 1 aromatic heterocycles. The smallest absolute Gasteiger partial charge is 0.341 e. The summed E-state index contributed by atoms with van der Waals surface area (Å²) in [6, 6.07) is 7.69. The van der Waals surface area contributed by atoms with E-state index in [1.165, 1.54) is 24.4 Å². The molecule has 1 aromatic carbocycles. The Kier molecular flexibility index (Phi) is 4.96. The van der Waals surface area contributed by atoms with E-state index in [4.69, 9.17) is 27.9 Å². The standard InChI is InChI=1S/C15H11Cl2NO3/c1-9(14(19)10-3-2-6-18-8-10)15(20)21-11-4-5-12(16)13(17)7-11/h2-8,14,19H,1H2. The average Bonchev–Trinajstić information content (AvgIpc) is 2.50. The number of benzene rings is 1. The van der Waals surface area contributed by atoms with Crippen LogP contribution in [-0.4, -0.2) is 16.1 Å². The SMILES string of the molecule is C=C(C(=O)Oc1ccc(Cl)c(Cl)c1)C(O)c1cccnc1. The molecule has 21 heavy (non-hydrogen) atoms. The van der Waals surface area contributed by atoms with E-state index < -0.39 is 12.1 Å². The molecule has 0 aliphatic carbocycles. The van der Waals surface area contributed by atoms with Gasteiger partial charge in [0.1, 0.15) is 11.9 Å². The molecular formula is C15H11Cl2NO3. The summed E-state index contributed by atoms with van der Waals surface area (Å²) in [5.41, 5.74) is 0.350. The summed E-state index contributed by atoms with van der Waals surface area (Å²) in [6.45, 7) is 3.56. The molecule has 1 heterocycles. The largest absolute Gasteiger partial charge is 0.423 e. The number of aliphatic hydroxyl groups excluding tert-OH is 1. The summed E-state index contributed by atoms with van der Waals surface area (Å²) in [7, 11) is 0. The lowest BCUT2D eigenvalue weighted by Gasteiger charge is -2.13. The Morgan fingerprint density at radius 1 is 1.29 bits per heavy atom. The molecule has 2 rings (SSSR count). The normalized spacial score (nSPS) is 11.8. The molecule has 4 nitrogen and oxygen atoms in total. The van der Waals surface area contributed by atoms with Crippen molar-refractivity contribution in [1.82, 2.24) is 4.98 Å². The zero-order chi connectivity index (χ0) is 15.4. The van der Waals surface area contributed by atoms with Gasteiger partial charge in [0.15, 0.2) is 0 Å².